The molecule has 1 amide bonds. The number of carbonyl (C=O) groups is 1. The fraction of sp³-hybridized carbons (Fsp3) is 0.375. The van der Waals surface area contributed by atoms with E-state index in [9.17, 15) is 4.79 Å². The van der Waals surface area contributed by atoms with Gasteiger partial charge in [-0.15, -0.1) is 0 Å². The summed E-state index contributed by atoms with van der Waals surface area (Å²) in [5.41, 5.74) is 2.10. The Balaban J connectivity index is 1.58. The van der Waals surface area contributed by atoms with Gasteiger partial charge in [-0.25, -0.2) is 4.98 Å². The Bertz CT molecular complexity index is 671. The van der Waals surface area contributed by atoms with E-state index in [1.165, 1.54) is 5.56 Å². The highest BCUT2D eigenvalue weighted by Crippen LogP contribution is 2.50. The summed E-state index contributed by atoms with van der Waals surface area (Å²) >= 11 is 1.69. The first-order valence-corrected chi connectivity index (χ1v) is 8.13. The summed E-state index contributed by atoms with van der Waals surface area (Å²) in [5.74, 6) is 1.27. The van der Waals surface area contributed by atoms with Gasteiger partial charge in [0, 0.05) is 12.1 Å². The van der Waals surface area contributed by atoms with Crippen molar-refractivity contribution in [3.05, 3.63) is 40.7 Å². The zero-order valence-electron chi connectivity index (χ0n) is 11.7. The maximum atomic E-state index is 12.8. The van der Waals surface area contributed by atoms with Crippen molar-refractivity contribution in [2.24, 2.45) is 5.92 Å². The molecule has 3 heterocycles. The van der Waals surface area contributed by atoms with Gasteiger partial charge in [0.05, 0.1) is 6.54 Å². The van der Waals surface area contributed by atoms with Crippen LogP contribution in [-0.2, 0) is 4.79 Å². The SMILES string of the molecule is CC1CN(C(=O)[C@@H]2C[C@H]2c2ccsc2)c2cccnc2O1. The standard InChI is InChI=1S/C16H16N2O2S/c1-10-8-18(14-3-2-5-17-15(14)20-10)16(19)13-7-12(13)11-4-6-21-9-11/h2-6,9-10,12-13H,7-8H2,1H3/t10?,12-,13+/m0/s1. The van der Waals surface area contributed by atoms with E-state index >= 15 is 0 Å². The molecule has 1 fully saturated rings. The zero-order chi connectivity index (χ0) is 14.4. The molecule has 0 radical (unpaired) electrons. The molecular formula is C16H16N2O2S. The van der Waals surface area contributed by atoms with E-state index in [1.54, 1.807) is 17.5 Å². The number of hydrogen-bond donors (Lipinski definition) is 0. The summed E-state index contributed by atoms with van der Waals surface area (Å²) in [6.45, 7) is 2.57. The van der Waals surface area contributed by atoms with Crippen molar-refractivity contribution in [1.29, 1.82) is 0 Å². The highest BCUT2D eigenvalue weighted by molar-refractivity contribution is 7.08. The van der Waals surface area contributed by atoms with Gasteiger partial charge in [0.15, 0.2) is 0 Å². The van der Waals surface area contributed by atoms with Crippen molar-refractivity contribution in [2.45, 2.75) is 25.4 Å². The fourth-order valence-corrected chi connectivity index (χ4v) is 3.72. The van der Waals surface area contributed by atoms with Crippen molar-refractivity contribution < 1.29 is 9.53 Å². The number of pyridine rings is 1. The van der Waals surface area contributed by atoms with E-state index < -0.39 is 0 Å². The Morgan fingerprint density at radius 3 is 3.19 bits per heavy atom. The molecule has 1 saturated carbocycles. The average molecular weight is 300 g/mol. The predicted octanol–water partition coefficient (Wildman–Crippen LogP) is 3.06. The second-order valence-corrected chi connectivity index (χ2v) is 6.49. The van der Waals surface area contributed by atoms with Gasteiger partial charge in [0.25, 0.3) is 0 Å². The van der Waals surface area contributed by atoms with Crippen LogP contribution in [0.2, 0.25) is 0 Å². The molecule has 1 unspecified atom stereocenters. The van der Waals surface area contributed by atoms with Gasteiger partial charge in [-0.1, -0.05) is 0 Å². The molecule has 108 valence electrons. The molecule has 0 aromatic carbocycles. The maximum Gasteiger partial charge on any atom is 0.238 e. The lowest BCUT2D eigenvalue weighted by Crippen LogP contribution is -2.43. The number of thiophene rings is 1. The zero-order valence-corrected chi connectivity index (χ0v) is 12.5. The predicted molar refractivity (Wildman–Crippen MR) is 81.8 cm³/mol. The number of amides is 1. The molecule has 0 bridgehead atoms. The minimum Gasteiger partial charge on any atom is -0.471 e. The van der Waals surface area contributed by atoms with E-state index in [0.717, 1.165) is 12.1 Å². The lowest BCUT2D eigenvalue weighted by atomic mass is 10.1. The van der Waals surface area contributed by atoms with Crippen molar-refractivity contribution in [2.75, 3.05) is 11.4 Å². The summed E-state index contributed by atoms with van der Waals surface area (Å²) in [5, 5.41) is 4.22. The molecule has 2 aromatic heterocycles. The molecule has 4 rings (SSSR count). The number of aromatic nitrogens is 1. The van der Waals surface area contributed by atoms with Crippen LogP contribution in [0.4, 0.5) is 5.69 Å². The second-order valence-electron chi connectivity index (χ2n) is 5.71. The fourth-order valence-electron chi connectivity index (χ4n) is 2.99. The van der Waals surface area contributed by atoms with Crippen molar-refractivity contribution >= 4 is 22.9 Å². The van der Waals surface area contributed by atoms with Gasteiger partial charge < -0.3 is 9.64 Å². The van der Waals surface area contributed by atoms with Gasteiger partial charge in [0.2, 0.25) is 11.8 Å². The van der Waals surface area contributed by atoms with Gasteiger partial charge in [-0.2, -0.15) is 11.3 Å². The highest BCUT2D eigenvalue weighted by Gasteiger charge is 2.47. The molecule has 0 spiro atoms. The van der Waals surface area contributed by atoms with Crippen LogP contribution in [0.15, 0.2) is 35.2 Å². The summed E-state index contributed by atoms with van der Waals surface area (Å²) in [4.78, 5) is 18.9. The number of carbonyl (C=O) groups excluding carboxylic acids is 1. The van der Waals surface area contributed by atoms with Gasteiger partial charge in [0.1, 0.15) is 11.8 Å². The molecule has 0 saturated heterocycles. The minimum absolute atomic E-state index is 0.0188. The van der Waals surface area contributed by atoms with E-state index in [-0.39, 0.29) is 17.9 Å². The van der Waals surface area contributed by atoms with Crippen LogP contribution < -0.4 is 9.64 Å². The van der Waals surface area contributed by atoms with Crippen LogP contribution in [0.5, 0.6) is 5.88 Å². The molecule has 2 aliphatic rings. The first-order valence-electron chi connectivity index (χ1n) is 7.19. The van der Waals surface area contributed by atoms with Crippen LogP contribution in [0.25, 0.3) is 0 Å². The van der Waals surface area contributed by atoms with Crippen molar-refractivity contribution in [1.82, 2.24) is 4.98 Å². The first kappa shape index (κ1) is 12.8. The molecule has 3 atom stereocenters. The third-order valence-corrected chi connectivity index (χ3v) is 4.84. The number of hydrogen-bond acceptors (Lipinski definition) is 4. The summed E-state index contributed by atoms with van der Waals surface area (Å²) < 4.78 is 5.71. The van der Waals surface area contributed by atoms with Crippen LogP contribution in [0.3, 0.4) is 0 Å². The molecule has 4 nitrogen and oxygen atoms in total. The smallest absolute Gasteiger partial charge is 0.238 e. The largest absolute Gasteiger partial charge is 0.471 e. The third-order valence-electron chi connectivity index (χ3n) is 4.14. The lowest BCUT2D eigenvalue weighted by Gasteiger charge is -2.32. The Kier molecular flexibility index (Phi) is 2.96. The average Bonchev–Trinajstić information content (AvgIpc) is 3.11. The van der Waals surface area contributed by atoms with E-state index in [1.807, 2.05) is 24.0 Å². The molecule has 1 aliphatic heterocycles. The number of nitrogens with zero attached hydrogens (tertiary/aromatic N) is 2. The summed E-state index contributed by atoms with van der Waals surface area (Å²) in [7, 11) is 0. The first-order chi connectivity index (χ1) is 10.2. The maximum absolute atomic E-state index is 12.8. The molecular weight excluding hydrogens is 284 g/mol. The van der Waals surface area contributed by atoms with Crippen LogP contribution in [0.1, 0.15) is 24.8 Å². The van der Waals surface area contributed by atoms with Crippen molar-refractivity contribution in [3.8, 4) is 5.88 Å². The number of fused-ring (bicyclic) bond motifs is 1. The van der Waals surface area contributed by atoms with Gasteiger partial charge in [-0.3, -0.25) is 4.79 Å². The van der Waals surface area contributed by atoms with E-state index in [4.69, 9.17) is 4.74 Å². The van der Waals surface area contributed by atoms with Crippen LogP contribution >= 0.6 is 11.3 Å². The Morgan fingerprint density at radius 2 is 2.38 bits per heavy atom. The number of rotatable bonds is 2. The minimum atomic E-state index is -0.0188. The number of ether oxygens (including phenoxy) is 1. The quantitative estimate of drug-likeness (QED) is 0.856. The topological polar surface area (TPSA) is 42.4 Å². The highest BCUT2D eigenvalue weighted by atomic mass is 32.1. The van der Waals surface area contributed by atoms with E-state index in [0.29, 0.717) is 18.3 Å². The molecule has 5 heteroatoms. The third kappa shape index (κ3) is 2.21. The Morgan fingerprint density at radius 1 is 1.48 bits per heavy atom. The molecule has 1 aliphatic carbocycles. The normalized spacial score (nSPS) is 26.9. The summed E-state index contributed by atoms with van der Waals surface area (Å²) in [6, 6.07) is 5.88. The monoisotopic (exact) mass is 300 g/mol. The van der Waals surface area contributed by atoms with E-state index in [2.05, 4.69) is 21.8 Å². The molecule has 2 aromatic rings. The number of anilines is 1. The van der Waals surface area contributed by atoms with Crippen LogP contribution in [-0.4, -0.2) is 23.5 Å². The molecule has 21 heavy (non-hydrogen) atoms. The van der Waals surface area contributed by atoms with Gasteiger partial charge >= 0.3 is 0 Å². The Hall–Kier alpha value is -1.88. The van der Waals surface area contributed by atoms with Crippen molar-refractivity contribution in [3.63, 3.8) is 0 Å². The van der Waals surface area contributed by atoms with Crippen LogP contribution in [0, 0.1) is 5.92 Å². The lowest BCUT2D eigenvalue weighted by molar-refractivity contribution is -0.120. The molecule has 0 N–H and O–H groups in total. The Labute approximate surface area is 127 Å². The van der Waals surface area contributed by atoms with Gasteiger partial charge in [-0.05, 0) is 53.8 Å². The second kappa shape index (κ2) is 4.84. The summed E-state index contributed by atoms with van der Waals surface area (Å²) in [6.07, 6.45) is 2.64.